The Kier molecular flexibility index (Phi) is 3.23. The van der Waals surface area contributed by atoms with Crippen molar-refractivity contribution in [1.29, 1.82) is 0 Å². The average molecular weight is 247 g/mol. The summed E-state index contributed by atoms with van der Waals surface area (Å²) >= 11 is 0. The van der Waals surface area contributed by atoms with E-state index in [0.717, 1.165) is 17.9 Å². The van der Waals surface area contributed by atoms with E-state index in [1.165, 1.54) is 0 Å². The highest BCUT2D eigenvalue weighted by atomic mass is 16.4. The van der Waals surface area contributed by atoms with Gasteiger partial charge in [0.25, 0.3) is 0 Å². The Bertz CT molecular complexity index is 555. The molecule has 18 heavy (non-hydrogen) atoms. The zero-order chi connectivity index (χ0) is 13.3. The van der Waals surface area contributed by atoms with Gasteiger partial charge in [-0.1, -0.05) is 0 Å². The molecule has 1 N–H and O–H groups in total. The first-order valence-corrected chi connectivity index (χ1v) is 5.88. The van der Waals surface area contributed by atoms with E-state index in [-0.39, 0.29) is 6.04 Å². The van der Waals surface area contributed by atoms with Crippen LogP contribution in [0.15, 0.2) is 24.8 Å². The van der Waals surface area contributed by atoms with E-state index in [2.05, 4.69) is 16.5 Å². The van der Waals surface area contributed by atoms with Crippen LogP contribution in [0.3, 0.4) is 0 Å². The molecule has 0 radical (unpaired) electrons. The largest absolute Gasteiger partial charge is 0.478 e. The summed E-state index contributed by atoms with van der Waals surface area (Å²) in [5.41, 5.74) is 2.15. The van der Waals surface area contributed by atoms with Crippen molar-refractivity contribution in [3.63, 3.8) is 0 Å². The molecule has 0 aliphatic heterocycles. The lowest BCUT2D eigenvalue weighted by molar-refractivity contribution is 0.0696. The molecule has 2 heterocycles. The summed E-state index contributed by atoms with van der Waals surface area (Å²) in [6, 6.07) is 1.91. The quantitative estimate of drug-likeness (QED) is 0.901. The van der Waals surface area contributed by atoms with Crippen LogP contribution in [-0.2, 0) is 6.54 Å². The third kappa shape index (κ3) is 2.16. The van der Waals surface area contributed by atoms with Gasteiger partial charge in [0.05, 0.1) is 11.9 Å². The summed E-state index contributed by atoms with van der Waals surface area (Å²) in [4.78, 5) is 15.1. The van der Waals surface area contributed by atoms with Gasteiger partial charge in [-0.15, -0.1) is 0 Å². The zero-order valence-corrected chi connectivity index (χ0v) is 10.8. The topological polar surface area (TPSA) is 60.0 Å². The van der Waals surface area contributed by atoms with Crippen LogP contribution < -0.4 is 0 Å². The van der Waals surface area contributed by atoms with Crippen molar-refractivity contribution >= 4 is 5.97 Å². The van der Waals surface area contributed by atoms with Crippen molar-refractivity contribution in [1.82, 2.24) is 14.1 Å². The van der Waals surface area contributed by atoms with Crippen molar-refractivity contribution in [2.75, 3.05) is 0 Å². The maximum Gasteiger partial charge on any atom is 0.337 e. The van der Waals surface area contributed by atoms with Gasteiger partial charge < -0.3 is 14.2 Å². The van der Waals surface area contributed by atoms with Gasteiger partial charge in [-0.25, -0.2) is 9.78 Å². The molecule has 2 rings (SSSR count). The smallest absolute Gasteiger partial charge is 0.337 e. The third-order valence-corrected chi connectivity index (χ3v) is 3.19. The summed E-state index contributed by atoms with van der Waals surface area (Å²) in [6.07, 6.45) is 5.41. The highest BCUT2D eigenvalue weighted by Crippen LogP contribution is 2.21. The van der Waals surface area contributed by atoms with E-state index in [1.54, 1.807) is 18.6 Å². The molecule has 2 aromatic heterocycles. The fourth-order valence-corrected chi connectivity index (χ4v) is 2.45. The summed E-state index contributed by atoms with van der Waals surface area (Å²) < 4.78 is 4.05. The van der Waals surface area contributed by atoms with Crippen molar-refractivity contribution < 1.29 is 9.90 Å². The molecule has 1 unspecified atom stereocenters. The lowest BCUT2D eigenvalue weighted by atomic mass is 10.2. The van der Waals surface area contributed by atoms with Gasteiger partial charge >= 0.3 is 5.97 Å². The van der Waals surface area contributed by atoms with Crippen LogP contribution in [0, 0.1) is 13.8 Å². The van der Waals surface area contributed by atoms with E-state index in [4.69, 9.17) is 5.11 Å². The van der Waals surface area contributed by atoms with Gasteiger partial charge in [-0.3, -0.25) is 0 Å². The fraction of sp³-hybridized carbons (Fsp3) is 0.385. The highest BCUT2D eigenvalue weighted by molar-refractivity contribution is 5.89. The van der Waals surface area contributed by atoms with Gasteiger partial charge in [-0.2, -0.15) is 0 Å². The Balaban J connectivity index is 2.30. The average Bonchev–Trinajstić information content (AvgIpc) is 2.86. The molecule has 2 aromatic rings. The van der Waals surface area contributed by atoms with Gasteiger partial charge in [0, 0.05) is 36.4 Å². The number of aromatic nitrogens is 3. The molecule has 96 valence electrons. The summed E-state index contributed by atoms with van der Waals surface area (Å²) in [6.45, 7) is 6.63. The molecule has 0 aliphatic rings. The number of carboxylic acids is 1. The molecule has 0 saturated heterocycles. The molecular weight excluding hydrogens is 230 g/mol. The normalized spacial score (nSPS) is 12.6. The number of imidazole rings is 1. The van der Waals surface area contributed by atoms with Gasteiger partial charge in [0.2, 0.25) is 0 Å². The van der Waals surface area contributed by atoms with Crippen LogP contribution in [-0.4, -0.2) is 25.2 Å². The highest BCUT2D eigenvalue weighted by Gasteiger charge is 2.18. The minimum absolute atomic E-state index is 0.187. The Morgan fingerprint density at radius 3 is 2.72 bits per heavy atom. The molecule has 0 spiro atoms. The molecule has 1 atom stereocenters. The zero-order valence-electron chi connectivity index (χ0n) is 10.8. The van der Waals surface area contributed by atoms with Crippen LogP contribution >= 0.6 is 0 Å². The van der Waals surface area contributed by atoms with Crippen LogP contribution in [0.25, 0.3) is 0 Å². The molecule has 0 fully saturated rings. The van der Waals surface area contributed by atoms with Crippen molar-refractivity contribution in [2.24, 2.45) is 0 Å². The van der Waals surface area contributed by atoms with Crippen LogP contribution in [0.2, 0.25) is 0 Å². The number of nitrogens with zero attached hydrogens (tertiary/aromatic N) is 3. The SMILES string of the molecule is Cc1cc(C(=O)O)c(C)n1C(C)Cn1ccnc1. The molecule has 5 nitrogen and oxygen atoms in total. The van der Waals surface area contributed by atoms with E-state index in [9.17, 15) is 4.79 Å². The van der Waals surface area contributed by atoms with Gasteiger partial charge in [0.1, 0.15) is 0 Å². The lowest BCUT2D eigenvalue weighted by Crippen LogP contribution is -2.15. The van der Waals surface area contributed by atoms with E-state index in [1.807, 2.05) is 24.6 Å². The molecule has 0 saturated carbocycles. The Hall–Kier alpha value is -2.04. The molecular formula is C13H17N3O2. The number of rotatable bonds is 4. The Labute approximate surface area is 106 Å². The van der Waals surface area contributed by atoms with Crippen molar-refractivity contribution in [3.8, 4) is 0 Å². The number of hydrogen-bond acceptors (Lipinski definition) is 2. The second-order valence-corrected chi connectivity index (χ2v) is 4.57. The predicted molar refractivity (Wildman–Crippen MR) is 67.8 cm³/mol. The van der Waals surface area contributed by atoms with Crippen molar-refractivity contribution in [3.05, 3.63) is 41.7 Å². The number of hydrogen-bond donors (Lipinski definition) is 1. The Morgan fingerprint density at radius 2 is 2.22 bits per heavy atom. The fourth-order valence-electron chi connectivity index (χ4n) is 2.45. The maximum absolute atomic E-state index is 11.1. The van der Waals surface area contributed by atoms with Crippen LogP contribution in [0.1, 0.15) is 34.7 Å². The number of aryl methyl sites for hydroxylation is 1. The van der Waals surface area contributed by atoms with E-state index in [0.29, 0.717) is 5.56 Å². The summed E-state index contributed by atoms with van der Waals surface area (Å²) in [7, 11) is 0. The first-order valence-electron chi connectivity index (χ1n) is 5.88. The molecule has 0 bridgehead atoms. The minimum atomic E-state index is -0.871. The van der Waals surface area contributed by atoms with Gasteiger partial charge in [-0.05, 0) is 26.8 Å². The molecule has 0 aliphatic carbocycles. The van der Waals surface area contributed by atoms with E-state index < -0.39 is 5.97 Å². The summed E-state index contributed by atoms with van der Waals surface area (Å²) in [5.74, 6) is -0.871. The molecule has 0 aromatic carbocycles. The second-order valence-electron chi connectivity index (χ2n) is 4.57. The summed E-state index contributed by atoms with van der Waals surface area (Å²) in [5, 5.41) is 9.11. The first-order chi connectivity index (χ1) is 8.50. The molecule has 5 heteroatoms. The number of aromatic carboxylic acids is 1. The number of carboxylic acid groups (broad SMARTS) is 1. The Morgan fingerprint density at radius 1 is 1.50 bits per heavy atom. The monoisotopic (exact) mass is 247 g/mol. The molecule has 0 amide bonds. The van der Waals surface area contributed by atoms with Crippen molar-refractivity contribution in [2.45, 2.75) is 33.4 Å². The standard InChI is InChI=1S/C13H17N3O2/c1-9-6-12(13(17)18)11(3)16(9)10(2)7-15-5-4-14-8-15/h4-6,8,10H,7H2,1-3H3,(H,17,18). The minimum Gasteiger partial charge on any atom is -0.478 e. The van der Waals surface area contributed by atoms with Gasteiger partial charge in [0.15, 0.2) is 0 Å². The van der Waals surface area contributed by atoms with E-state index >= 15 is 0 Å². The lowest BCUT2D eigenvalue weighted by Gasteiger charge is -2.19. The van der Waals surface area contributed by atoms with Crippen LogP contribution in [0.5, 0.6) is 0 Å². The third-order valence-electron chi connectivity index (χ3n) is 3.19. The van der Waals surface area contributed by atoms with Crippen LogP contribution in [0.4, 0.5) is 0 Å². The maximum atomic E-state index is 11.1. The predicted octanol–water partition coefficient (Wildman–Crippen LogP) is 2.26. The first kappa shape index (κ1) is 12.4. The second kappa shape index (κ2) is 4.68. The number of carbonyl (C=O) groups is 1.